The fraction of sp³-hybridized carbons (Fsp3) is 0.250. The number of carbonyl (C=O) groups excluding carboxylic acids is 2. The maximum atomic E-state index is 11.2. The number of alkyl carbamates (subject to hydrolysis) is 1. The molecule has 0 aliphatic rings. The Kier molecular flexibility index (Phi) is 3.24. The summed E-state index contributed by atoms with van der Waals surface area (Å²) in [7, 11) is 1.12. The second kappa shape index (κ2) is 4.43. The topological polar surface area (TPSA) is 88.8 Å². The number of hydrogen-bond acceptors (Lipinski definition) is 5. The van der Waals surface area contributed by atoms with E-state index in [2.05, 4.69) is 4.74 Å². The summed E-state index contributed by atoms with van der Waals surface area (Å²) < 4.78 is 8.93. The fourth-order valence-electron chi connectivity index (χ4n) is 0.790. The standard InChI is InChI=1S/C8H9NO5/c1-13-8(12)9-7(11)6(10)5-3-2-4-14-5/h2-4,7,11H,1H3,(H,9,12). The second-order valence-electron chi connectivity index (χ2n) is 2.38. The van der Waals surface area contributed by atoms with Crippen molar-refractivity contribution in [3.8, 4) is 0 Å². The van der Waals surface area contributed by atoms with Crippen LogP contribution in [0, 0.1) is 0 Å². The molecule has 1 unspecified atom stereocenters. The van der Waals surface area contributed by atoms with Crippen molar-refractivity contribution in [2.75, 3.05) is 7.11 Å². The molecule has 1 aromatic rings. The molecule has 6 heteroatoms. The average Bonchev–Trinajstić information content (AvgIpc) is 2.69. The Labute approximate surface area is 79.5 Å². The van der Waals surface area contributed by atoms with Gasteiger partial charge in [0.15, 0.2) is 12.0 Å². The van der Waals surface area contributed by atoms with E-state index in [-0.39, 0.29) is 5.76 Å². The van der Waals surface area contributed by atoms with Gasteiger partial charge >= 0.3 is 6.09 Å². The van der Waals surface area contributed by atoms with E-state index in [0.29, 0.717) is 0 Å². The molecule has 0 bridgehead atoms. The van der Waals surface area contributed by atoms with Gasteiger partial charge in [0.1, 0.15) is 0 Å². The van der Waals surface area contributed by atoms with Crippen molar-refractivity contribution in [1.82, 2.24) is 5.32 Å². The molecule has 0 aliphatic heterocycles. The number of aliphatic hydroxyl groups excluding tert-OH is 1. The van der Waals surface area contributed by atoms with Gasteiger partial charge in [-0.25, -0.2) is 4.79 Å². The van der Waals surface area contributed by atoms with Gasteiger partial charge in [-0.2, -0.15) is 0 Å². The molecule has 76 valence electrons. The number of carbonyl (C=O) groups is 2. The van der Waals surface area contributed by atoms with E-state index in [4.69, 9.17) is 9.52 Å². The molecule has 6 nitrogen and oxygen atoms in total. The molecular formula is C8H9NO5. The highest BCUT2D eigenvalue weighted by Gasteiger charge is 2.21. The van der Waals surface area contributed by atoms with Gasteiger partial charge in [-0.3, -0.25) is 10.1 Å². The maximum absolute atomic E-state index is 11.2. The third-order valence-electron chi connectivity index (χ3n) is 1.45. The molecule has 0 spiro atoms. The van der Waals surface area contributed by atoms with Crippen molar-refractivity contribution in [3.05, 3.63) is 24.2 Å². The van der Waals surface area contributed by atoms with E-state index in [1.165, 1.54) is 18.4 Å². The lowest BCUT2D eigenvalue weighted by molar-refractivity contribution is 0.0624. The third kappa shape index (κ3) is 2.33. The number of Topliss-reactive ketones (excluding diaryl/α,β-unsaturated/α-hetero) is 1. The Balaban J connectivity index is 2.58. The number of methoxy groups -OCH3 is 1. The number of ketones is 1. The number of furan rings is 1. The van der Waals surface area contributed by atoms with E-state index in [1.807, 2.05) is 5.32 Å². The monoisotopic (exact) mass is 199 g/mol. The summed E-state index contributed by atoms with van der Waals surface area (Å²) in [5, 5.41) is 11.1. The van der Waals surface area contributed by atoms with Crippen LogP contribution in [0.1, 0.15) is 10.6 Å². The minimum atomic E-state index is -1.66. The number of aliphatic hydroxyl groups is 1. The van der Waals surface area contributed by atoms with E-state index in [1.54, 1.807) is 0 Å². The van der Waals surface area contributed by atoms with Crippen molar-refractivity contribution < 1.29 is 23.8 Å². The largest absolute Gasteiger partial charge is 0.461 e. The smallest absolute Gasteiger partial charge is 0.409 e. The maximum Gasteiger partial charge on any atom is 0.409 e. The summed E-state index contributed by atoms with van der Waals surface area (Å²) in [6, 6.07) is 2.88. The van der Waals surface area contributed by atoms with Crippen molar-refractivity contribution in [3.63, 3.8) is 0 Å². The molecular weight excluding hydrogens is 190 g/mol. The van der Waals surface area contributed by atoms with Gasteiger partial charge in [0.25, 0.3) is 0 Å². The third-order valence-corrected chi connectivity index (χ3v) is 1.45. The first kappa shape index (κ1) is 10.3. The summed E-state index contributed by atoms with van der Waals surface area (Å²) >= 11 is 0. The summed E-state index contributed by atoms with van der Waals surface area (Å²) in [6.07, 6.45) is -1.26. The highest BCUT2D eigenvalue weighted by Crippen LogP contribution is 2.03. The Morgan fingerprint density at radius 2 is 2.36 bits per heavy atom. The lowest BCUT2D eigenvalue weighted by atomic mass is 10.3. The molecule has 1 atom stereocenters. The normalized spacial score (nSPS) is 11.9. The van der Waals surface area contributed by atoms with Crippen LogP contribution in [0.4, 0.5) is 4.79 Å². The van der Waals surface area contributed by atoms with E-state index in [0.717, 1.165) is 7.11 Å². The highest BCUT2D eigenvalue weighted by molar-refractivity contribution is 5.98. The lowest BCUT2D eigenvalue weighted by Gasteiger charge is -2.08. The minimum Gasteiger partial charge on any atom is -0.461 e. The molecule has 2 N–H and O–H groups in total. The molecule has 0 saturated carbocycles. The fourth-order valence-corrected chi connectivity index (χ4v) is 0.790. The Morgan fingerprint density at radius 3 is 2.86 bits per heavy atom. The van der Waals surface area contributed by atoms with Crippen LogP contribution in [-0.4, -0.2) is 30.3 Å². The highest BCUT2D eigenvalue weighted by atomic mass is 16.5. The summed E-state index contributed by atoms with van der Waals surface area (Å²) in [5.41, 5.74) is 0. The van der Waals surface area contributed by atoms with Crippen LogP contribution in [0.2, 0.25) is 0 Å². The van der Waals surface area contributed by atoms with Gasteiger partial charge < -0.3 is 14.3 Å². The molecule has 0 aromatic carbocycles. The number of ether oxygens (including phenoxy) is 1. The first-order chi connectivity index (χ1) is 6.65. The van der Waals surface area contributed by atoms with Crippen LogP contribution in [0.5, 0.6) is 0 Å². The van der Waals surface area contributed by atoms with Crippen LogP contribution in [0.15, 0.2) is 22.8 Å². The minimum absolute atomic E-state index is 0.0334. The van der Waals surface area contributed by atoms with Crippen LogP contribution < -0.4 is 5.32 Å². The average molecular weight is 199 g/mol. The van der Waals surface area contributed by atoms with Crippen LogP contribution in [0.3, 0.4) is 0 Å². The van der Waals surface area contributed by atoms with Gasteiger partial charge in [-0.15, -0.1) is 0 Å². The van der Waals surface area contributed by atoms with E-state index >= 15 is 0 Å². The van der Waals surface area contributed by atoms with Gasteiger partial charge in [0.2, 0.25) is 5.78 Å². The van der Waals surface area contributed by atoms with Crippen molar-refractivity contribution >= 4 is 11.9 Å². The zero-order valence-electron chi connectivity index (χ0n) is 7.39. The quantitative estimate of drug-likeness (QED) is 0.533. The predicted octanol–water partition coefficient (Wildman–Crippen LogP) is 0.137. The molecule has 0 fully saturated rings. The lowest BCUT2D eigenvalue weighted by Crippen LogP contribution is -2.40. The number of amides is 1. The number of nitrogens with one attached hydrogen (secondary N) is 1. The van der Waals surface area contributed by atoms with Crippen LogP contribution in [-0.2, 0) is 4.74 Å². The summed E-state index contributed by atoms with van der Waals surface area (Å²) in [6.45, 7) is 0. The Morgan fingerprint density at radius 1 is 1.64 bits per heavy atom. The van der Waals surface area contributed by atoms with Gasteiger partial charge in [0.05, 0.1) is 13.4 Å². The molecule has 0 aliphatic carbocycles. The predicted molar refractivity (Wildman–Crippen MR) is 44.6 cm³/mol. The molecule has 1 heterocycles. The summed E-state index contributed by atoms with van der Waals surface area (Å²) in [4.78, 5) is 21.9. The second-order valence-corrected chi connectivity index (χ2v) is 2.38. The summed E-state index contributed by atoms with van der Waals surface area (Å²) in [5.74, 6) is -0.769. The first-order valence-electron chi connectivity index (χ1n) is 3.75. The van der Waals surface area contributed by atoms with Gasteiger partial charge in [-0.1, -0.05) is 0 Å². The van der Waals surface area contributed by atoms with Gasteiger partial charge in [-0.05, 0) is 12.1 Å². The molecule has 0 radical (unpaired) electrons. The van der Waals surface area contributed by atoms with E-state index < -0.39 is 18.1 Å². The molecule has 1 rings (SSSR count). The van der Waals surface area contributed by atoms with Crippen molar-refractivity contribution in [1.29, 1.82) is 0 Å². The van der Waals surface area contributed by atoms with Crippen molar-refractivity contribution in [2.45, 2.75) is 6.23 Å². The zero-order chi connectivity index (χ0) is 10.6. The van der Waals surface area contributed by atoms with Crippen LogP contribution >= 0.6 is 0 Å². The van der Waals surface area contributed by atoms with E-state index in [9.17, 15) is 9.59 Å². The Hall–Kier alpha value is -1.82. The molecule has 1 amide bonds. The number of rotatable bonds is 3. The molecule has 1 aromatic heterocycles. The van der Waals surface area contributed by atoms with Crippen molar-refractivity contribution in [2.24, 2.45) is 0 Å². The first-order valence-corrected chi connectivity index (χ1v) is 3.75. The van der Waals surface area contributed by atoms with Gasteiger partial charge in [0, 0.05) is 0 Å². The molecule has 0 saturated heterocycles. The van der Waals surface area contributed by atoms with Crippen LogP contribution in [0.25, 0.3) is 0 Å². The Bertz CT molecular complexity index is 318. The SMILES string of the molecule is COC(=O)NC(O)C(=O)c1ccco1. The zero-order valence-corrected chi connectivity index (χ0v) is 7.39. The number of hydrogen-bond donors (Lipinski definition) is 2. The molecule has 14 heavy (non-hydrogen) atoms.